The van der Waals surface area contributed by atoms with Crippen LogP contribution in [0.2, 0.25) is 0 Å². The van der Waals surface area contributed by atoms with Crippen molar-refractivity contribution in [3.05, 3.63) is 146 Å². The van der Waals surface area contributed by atoms with Gasteiger partial charge in [-0.3, -0.25) is 4.98 Å². The standard InChI is InChI=1S/C36H24N4/c1-3-9-28(10-4-1)34-38-35(29-11-5-2-6-12-29)40-36(39-34)31-23-30-13-7-8-14-32(30)33(24-31)27-17-15-25(16-18-27)26-19-21-37-22-20-26/h1-24H. The fraction of sp³-hybridized carbons (Fsp3) is 0. The molecule has 7 rings (SSSR count). The lowest BCUT2D eigenvalue weighted by molar-refractivity contribution is 1.07. The highest BCUT2D eigenvalue weighted by Crippen LogP contribution is 2.35. The van der Waals surface area contributed by atoms with Gasteiger partial charge < -0.3 is 0 Å². The van der Waals surface area contributed by atoms with Gasteiger partial charge in [-0.15, -0.1) is 0 Å². The lowest BCUT2D eigenvalue weighted by Gasteiger charge is -2.13. The maximum absolute atomic E-state index is 4.97. The molecule has 4 nitrogen and oxygen atoms in total. The van der Waals surface area contributed by atoms with Crippen LogP contribution in [0.25, 0.3) is 67.2 Å². The first-order chi connectivity index (χ1) is 19.8. The average molecular weight is 513 g/mol. The van der Waals surface area contributed by atoms with E-state index in [1.54, 1.807) is 0 Å². The Bertz CT molecular complexity index is 1860. The lowest BCUT2D eigenvalue weighted by atomic mass is 9.94. The average Bonchev–Trinajstić information content (AvgIpc) is 3.05. The number of benzene rings is 5. The summed E-state index contributed by atoms with van der Waals surface area (Å²) in [6.07, 6.45) is 3.64. The first-order valence-electron chi connectivity index (χ1n) is 13.2. The van der Waals surface area contributed by atoms with E-state index in [0.717, 1.165) is 44.3 Å². The highest BCUT2D eigenvalue weighted by molar-refractivity contribution is 6.00. The van der Waals surface area contributed by atoms with E-state index in [4.69, 9.17) is 15.0 Å². The van der Waals surface area contributed by atoms with Crippen molar-refractivity contribution in [3.8, 4) is 56.4 Å². The quantitative estimate of drug-likeness (QED) is 0.231. The van der Waals surface area contributed by atoms with E-state index >= 15 is 0 Å². The molecular formula is C36H24N4. The van der Waals surface area contributed by atoms with Gasteiger partial charge in [0.1, 0.15) is 0 Å². The van der Waals surface area contributed by atoms with Crippen LogP contribution in [0.5, 0.6) is 0 Å². The molecule has 2 aromatic heterocycles. The summed E-state index contributed by atoms with van der Waals surface area (Å²) in [5.41, 5.74) is 7.43. The number of rotatable bonds is 5. The molecule has 0 saturated heterocycles. The normalized spacial score (nSPS) is 11.0. The number of hydrogen-bond donors (Lipinski definition) is 0. The molecule has 0 saturated carbocycles. The van der Waals surface area contributed by atoms with Crippen molar-refractivity contribution in [1.29, 1.82) is 0 Å². The minimum absolute atomic E-state index is 0.646. The molecule has 4 heteroatoms. The summed E-state index contributed by atoms with van der Waals surface area (Å²) in [6, 6.07) is 45.7. The lowest BCUT2D eigenvalue weighted by Crippen LogP contribution is -2.00. The molecule has 0 bridgehead atoms. The Hall–Kier alpha value is -5.48. The largest absolute Gasteiger partial charge is 0.265 e. The maximum atomic E-state index is 4.97. The van der Waals surface area contributed by atoms with Crippen molar-refractivity contribution in [2.45, 2.75) is 0 Å². The second-order valence-corrected chi connectivity index (χ2v) is 9.60. The minimum Gasteiger partial charge on any atom is -0.265 e. The van der Waals surface area contributed by atoms with Gasteiger partial charge in [0.05, 0.1) is 0 Å². The Balaban J connectivity index is 1.40. The van der Waals surface area contributed by atoms with E-state index in [-0.39, 0.29) is 0 Å². The van der Waals surface area contributed by atoms with Crippen molar-refractivity contribution in [3.63, 3.8) is 0 Å². The fourth-order valence-corrected chi connectivity index (χ4v) is 5.00. The predicted molar refractivity (Wildman–Crippen MR) is 162 cm³/mol. The van der Waals surface area contributed by atoms with E-state index in [2.05, 4.69) is 65.6 Å². The van der Waals surface area contributed by atoms with Gasteiger partial charge >= 0.3 is 0 Å². The molecule has 0 amide bonds. The number of aromatic nitrogens is 4. The second kappa shape index (κ2) is 10.4. The number of nitrogens with zero attached hydrogens (tertiary/aromatic N) is 4. The molecule has 5 aromatic carbocycles. The molecule has 0 atom stereocenters. The highest BCUT2D eigenvalue weighted by Gasteiger charge is 2.15. The van der Waals surface area contributed by atoms with Gasteiger partial charge in [-0.2, -0.15) is 0 Å². The zero-order valence-corrected chi connectivity index (χ0v) is 21.6. The Labute approximate surface area is 232 Å². The Morgan fingerprint density at radius 2 is 0.850 bits per heavy atom. The van der Waals surface area contributed by atoms with E-state index in [1.807, 2.05) is 85.2 Å². The molecule has 0 aliphatic carbocycles. The van der Waals surface area contributed by atoms with Crippen LogP contribution in [0.3, 0.4) is 0 Å². The van der Waals surface area contributed by atoms with Gasteiger partial charge in [0.15, 0.2) is 17.5 Å². The molecule has 7 aromatic rings. The van der Waals surface area contributed by atoms with Crippen LogP contribution in [-0.2, 0) is 0 Å². The summed E-state index contributed by atoms with van der Waals surface area (Å²) in [5.74, 6) is 1.95. The molecule has 0 fully saturated rings. The molecule has 0 radical (unpaired) electrons. The molecule has 0 unspecified atom stereocenters. The molecule has 40 heavy (non-hydrogen) atoms. The molecule has 188 valence electrons. The van der Waals surface area contributed by atoms with Crippen molar-refractivity contribution >= 4 is 10.8 Å². The molecule has 0 N–H and O–H groups in total. The van der Waals surface area contributed by atoms with E-state index < -0.39 is 0 Å². The molecule has 0 aliphatic rings. The van der Waals surface area contributed by atoms with Crippen LogP contribution in [-0.4, -0.2) is 19.9 Å². The third-order valence-electron chi connectivity index (χ3n) is 7.03. The topological polar surface area (TPSA) is 51.6 Å². The second-order valence-electron chi connectivity index (χ2n) is 9.60. The Morgan fingerprint density at radius 1 is 0.350 bits per heavy atom. The van der Waals surface area contributed by atoms with Crippen LogP contribution < -0.4 is 0 Å². The maximum Gasteiger partial charge on any atom is 0.164 e. The molecule has 0 aliphatic heterocycles. The zero-order chi connectivity index (χ0) is 26.7. The summed E-state index contributed by atoms with van der Waals surface area (Å²) in [4.78, 5) is 18.9. The number of pyridine rings is 1. The van der Waals surface area contributed by atoms with Gasteiger partial charge in [-0.25, -0.2) is 15.0 Å². The van der Waals surface area contributed by atoms with Crippen LogP contribution in [0.4, 0.5) is 0 Å². The zero-order valence-electron chi connectivity index (χ0n) is 21.6. The van der Waals surface area contributed by atoms with E-state index in [9.17, 15) is 0 Å². The summed E-state index contributed by atoms with van der Waals surface area (Å²) in [6.45, 7) is 0. The SMILES string of the molecule is c1ccc(-c2nc(-c3ccccc3)nc(-c3cc(-c4ccc(-c5ccncc5)cc4)c4ccccc4c3)n2)cc1. The Kier molecular flexibility index (Phi) is 6.11. The predicted octanol–water partition coefficient (Wildman–Crippen LogP) is 8.75. The first kappa shape index (κ1) is 23.6. The first-order valence-corrected chi connectivity index (χ1v) is 13.2. The van der Waals surface area contributed by atoms with Gasteiger partial charge in [0.25, 0.3) is 0 Å². The van der Waals surface area contributed by atoms with E-state index in [1.165, 1.54) is 5.39 Å². The van der Waals surface area contributed by atoms with Crippen molar-refractivity contribution in [2.24, 2.45) is 0 Å². The minimum atomic E-state index is 0.646. The summed E-state index contributed by atoms with van der Waals surface area (Å²) >= 11 is 0. The van der Waals surface area contributed by atoms with Crippen molar-refractivity contribution in [1.82, 2.24) is 19.9 Å². The van der Waals surface area contributed by atoms with E-state index in [0.29, 0.717) is 17.5 Å². The third kappa shape index (κ3) is 4.63. The smallest absolute Gasteiger partial charge is 0.164 e. The van der Waals surface area contributed by atoms with Crippen molar-refractivity contribution in [2.75, 3.05) is 0 Å². The molecular weight excluding hydrogens is 488 g/mol. The summed E-state index contributed by atoms with van der Waals surface area (Å²) in [7, 11) is 0. The van der Waals surface area contributed by atoms with Crippen LogP contribution in [0, 0.1) is 0 Å². The molecule has 0 spiro atoms. The molecule has 2 heterocycles. The van der Waals surface area contributed by atoms with Gasteiger partial charge in [0.2, 0.25) is 0 Å². The third-order valence-corrected chi connectivity index (χ3v) is 7.03. The summed E-state index contributed by atoms with van der Waals surface area (Å²) in [5, 5.41) is 2.32. The fourth-order valence-electron chi connectivity index (χ4n) is 5.00. The van der Waals surface area contributed by atoms with Crippen LogP contribution in [0.15, 0.2) is 146 Å². The van der Waals surface area contributed by atoms with Gasteiger partial charge in [-0.1, -0.05) is 109 Å². The van der Waals surface area contributed by atoms with Gasteiger partial charge in [0, 0.05) is 29.1 Å². The van der Waals surface area contributed by atoms with Crippen LogP contribution >= 0.6 is 0 Å². The highest BCUT2D eigenvalue weighted by atomic mass is 15.0. The number of hydrogen-bond acceptors (Lipinski definition) is 4. The van der Waals surface area contributed by atoms with Crippen LogP contribution in [0.1, 0.15) is 0 Å². The summed E-state index contributed by atoms with van der Waals surface area (Å²) < 4.78 is 0. The Morgan fingerprint density at radius 3 is 1.48 bits per heavy atom. The van der Waals surface area contributed by atoms with Crippen molar-refractivity contribution < 1.29 is 0 Å². The van der Waals surface area contributed by atoms with Gasteiger partial charge in [-0.05, 0) is 57.3 Å². The number of fused-ring (bicyclic) bond motifs is 1. The monoisotopic (exact) mass is 512 g/mol.